The summed E-state index contributed by atoms with van der Waals surface area (Å²) < 4.78 is 28.2. The van der Waals surface area contributed by atoms with E-state index in [-0.39, 0.29) is 12.0 Å². The van der Waals surface area contributed by atoms with Gasteiger partial charge in [-0.05, 0) is 19.8 Å². The molecule has 1 amide bonds. The van der Waals surface area contributed by atoms with Gasteiger partial charge in [-0.2, -0.15) is 0 Å². The number of rotatable bonds is 5. The number of sulfone groups is 1. The maximum Gasteiger partial charge on any atom is 0.240 e. The molecule has 18 heavy (non-hydrogen) atoms. The third-order valence-corrected chi connectivity index (χ3v) is 4.70. The quantitative estimate of drug-likeness (QED) is 0.724. The Kier molecular flexibility index (Phi) is 5.55. The largest absolute Gasteiger partial charge is 0.377 e. The van der Waals surface area contributed by atoms with Crippen LogP contribution in [0.2, 0.25) is 0 Å². The van der Waals surface area contributed by atoms with E-state index < -0.39 is 15.1 Å². The molecule has 1 rings (SSSR count). The van der Waals surface area contributed by atoms with Crippen LogP contribution in [0.5, 0.6) is 0 Å². The predicted octanol–water partition coefficient (Wildman–Crippen LogP) is -0.614. The summed E-state index contributed by atoms with van der Waals surface area (Å²) in [6, 6.07) is 0. The highest BCUT2D eigenvalue weighted by atomic mass is 32.2. The zero-order valence-electron chi connectivity index (χ0n) is 11.0. The monoisotopic (exact) mass is 278 g/mol. The SMILES string of the molecule is CC(C(=O)N1CCC(OCCN)CC1)S(C)(=O)=O. The van der Waals surface area contributed by atoms with Crippen molar-refractivity contribution in [2.24, 2.45) is 5.73 Å². The molecule has 0 saturated carbocycles. The van der Waals surface area contributed by atoms with Gasteiger partial charge in [-0.25, -0.2) is 8.42 Å². The van der Waals surface area contributed by atoms with Crippen LogP contribution in [0.25, 0.3) is 0 Å². The van der Waals surface area contributed by atoms with Crippen molar-refractivity contribution in [2.45, 2.75) is 31.1 Å². The van der Waals surface area contributed by atoms with Crippen LogP contribution in [0, 0.1) is 0 Å². The molecular formula is C11H22N2O4S. The van der Waals surface area contributed by atoms with Crippen LogP contribution in [-0.4, -0.2) is 63.1 Å². The minimum atomic E-state index is -3.32. The van der Waals surface area contributed by atoms with Crippen molar-refractivity contribution in [1.82, 2.24) is 4.90 Å². The van der Waals surface area contributed by atoms with Crippen molar-refractivity contribution in [3.8, 4) is 0 Å². The van der Waals surface area contributed by atoms with Gasteiger partial charge < -0.3 is 15.4 Å². The van der Waals surface area contributed by atoms with Gasteiger partial charge in [0.25, 0.3) is 0 Å². The molecule has 0 aromatic rings. The predicted molar refractivity (Wildman–Crippen MR) is 68.9 cm³/mol. The first-order valence-corrected chi connectivity index (χ1v) is 8.11. The van der Waals surface area contributed by atoms with Gasteiger partial charge in [0.1, 0.15) is 5.25 Å². The Morgan fingerprint density at radius 2 is 2.00 bits per heavy atom. The zero-order chi connectivity index (χ0) is 13.8. The minimum Gasteiger partial charge on any atom is -0.377 e. The third-order valence-electron chi connectivity index (χ3n) is 3.22. The minimum absolute atomic E-state index is 0.131. The van der Waals surface area contributed by atoms with E-state index in [0.717, 1.165) is 19.1 Å². The number of amides is 1. The van der Waals surface area contributed by atoms with Crippen LogP contribution in [0.1, 0.15) is 19.8 Å². The fraction of sp³-hybridized carbons (Fsp3) is 0.909. The standard InChI is InChI=1S/C11H22N2O4S/c1-9(18(2,15)16)11(14)13-6-3-10(4-7-13)17-8-5-12/h9-10H,3-8,12H2,1-2H3. The van der Waals surface area contributed by atoms with Crippen molar-refractivity contribution >= 4 is 15.7 Å². The second-order valence-corrected chi connectivity index (χ2v) is 7.02. The first-order chi connectivity index (χ1) is 8.36. The van der Waals surface area contributed by atoms with Crippen molar-refractivity contribution < 1.29 is 17.9 Å². The first-order valence-electron chi connectivity index (χ1n) is 6.15. The molecule has 0 spiro atoms. The summed E-state index contributed by atoms with van der Waals surface area (Å²) in [6.45, 7) is 3.55. The normalized spacial score (nSPS) is 19.8. The molecule has 6 nitrogen and oxygen atoms in total. The molecule has 0 bridgehead atoms. The maximum absolute atomic E-state index is 12.0. The van der Waals surface area contributed by atoms with Crippen molar-refractivity contribution in [2.75, 3.05) is 32.5 Å². The third kappa shape index (κ3) is 4.22. The Hall–Kier alpha value is -0.660. The van der Waals surface area contributed by atoms with E-state index in [0.29, 0.717) is 26.2 Å². The Morgan fingerprint density at radius 1 is 1.44 bits per heavy atom. The van der Waals surface area contributed by atoms with Gasteiger partial charge in [0.2, 0.25) is 5.91 Å². The summed E-state index contributed by atoms with van der Waals surface area (Å²) in [6.07, 6.45) is 2.70. The number of ether oxygens (including phenoxy) is 1. The molecule has 1 unspecified atom stereocenters. The molecule has 7 heteroatoms. The second kappa shape index (κ2) is 6.49. The number of carbonyl (C=O) groups excluding carboxylic acids is 1. The summed E-state index contributed by atoms with van der Waals surface area (Å²) in [5.74, 6) is -0.310. The summed E-state index contributed by atoms with van der Waals surface area (Å²) in [7, 11) is -3.32. The van der Waals surface area contributed by atoms with Crippen LogP contribution in [-0.2, 0) is 19.4 Å². The molecule has 1 fully saturated rings. The van der Waals surface area contributed by atoms with E-state index in [2.05, 4.69) is 0 Å². The smallest absolute Gasteiger partial charge is 0.240 e. The van der Waals surface area contributed by atoms with E-state index in [1.165, 1.54) is 6.92 Å². The van der Waals surface area contributed by atoms with Gasteiger partial charge in [0, 0.05) is 25.9 Å². The number of piperidine rings is 1. The lowest BCUT2D eigenvalue weighted by Crippen LogP contribution is -2.46. The van der Waals surface area contributed by atoms with Gasteiger partial charge in [0.15, 0.2) is 9.84 Å². The van der Waals surface area contributed by atoms with Crippen molar-refractivity contribution in [3.63, 3.8) is 0 Å². The lowest BCUT2D eigenvalue weighted by Gasteiger charge is -2.33. The van der Waals surface area contributed by atoms with Gasteiger partial charge >= 0.3 is 0 Å². The molecule has 1 aliphatic heterocycles. The molecule has 0 radical (unpaired) electrons. The number of hydrogen-bond donors (Lipinski definition) is 1. The fourth-order valence-corrected chi connectivity index (χ4v) is 2.43. The molecule has 0 aromatic carbocycles. The molecule has 1 aliphatic rings. The topological polar surface area (TPSA) is 89.7 Å². The lowest BCUT2D eigenvalue weighted by atomic mass is 10.1. The van der Waals surface area contributed by atoms with Gasteiger partial charge in [-0.3, -0.25) is 4.79 Å². The zero-order valence-corrected chi connectivity index (χ0v) is 11.8. The van der Waals surface area contributed by atoms with Crippen LogP contribution in [0.15, 0.2) is 0 Å². The molecule has 0 aliphatic carbocycles. The van der Waals surface area contributed by atoms with E-state index in [9.17, 15) is 13.2 Å². The molecular weight excluding hydrogens is 256 g/mol. The summed E-state index contributed by atoms with van der Waals surface area (Å²) >= 11 is 0. The van der Waals surface area contributed by atoms with E-state index >= 15 is 0 Å². The highest BCUT2D eigenvalue weighted by Crippen LogP contribution is 2.15. The van der Waals surface area contributed by atoms with Crippen molar-refractivity contribution in [3.05, 3.63) is 0 Å². The van der Waals surface area contributed by atoms with Crippen LogP contribution >= 0.6 is 0 Å². The Balaban J connectivity index is 2.45. The highest BCUT2D eigenvalue weighted by molar-refractivity contribution is 7.92. The van der Waals surface area contributed by atoms with Crippen LogP contribution in [0.4, 0.5) is 0 Å². The summed E-state index contributed by atoms with van der Waals surface area (Å²) in [4.78, 5) is 13.6. The molecule has 1 heterocycles. The number of carbonyl (C=O) groups is 1. The lowest BCUT2D eigenvalue weighted by molar-refractivity contribution is -0.133. The fourth-order valence-electron chi connectivity index (χ4n) is 1.92. The van der Waals surface area contributed by atoms with E-state index in [4.69, 9.17) is 10.5 Å². The summed E-state index contributed by atoms with van der Waals surface area (Å²) in [5, 5.41) is -0.959. The number of nitrogens with two attached hydrogens (primary N) is 1. The Morgan fingerprint density at radius 3 is 2.44 bits per heavy atom. The Bertz CT molecular complexity index is 375. The van der Waals surface area contributed by atoms with E-state index in [1.54, 1.807) is 4.90 Å². The first kappa shape index (κ1) is 15.4. The molecule has 1 saturated heterocycles. The molecule has 106 valence electrons. The highest BCUT2D eigenvalue weighted by Gasteiger charge is 2.31. The van der Waals surface area contributed by atoms with Gasteiger partial charge in [0.05, 0.1) is 12.7 Å². The van der Waals surface area contributed by atoms with Crippen LogP contribution in [0.3, 0.4) is 0 Å². The molecule has 0 aromatic heterocycles. The second-order valence-electron chi connectivity index (χ2n) is 4.66. The van der Waals surface area contributed by atoms with Crippen LogP contribution < -0.4 is 5.73 Å². The number of nitrogens with zero attached hydrogens (tertiary/aromatic N) is 1. The average Bonchev–Trinajstić information content (AvgIpc) is 2.34. The Labute approximate surface area is 108 Å². The maximum atomic E-state index is 12.0. The van der Waals surface area contributed by atoms with E-state index in [1.807, 2.05) is 0 Å². The number of hydrogen-bond acceptors (Lipinski definition) is 5. The molecule has 1 atom stereocenters. The molecule has 2 N–H and O–H groups in total. The van der Waals surface area contributed by atoms with Gasteiger partial charge in [-0.15, -0.1) is 0 Å². The number of likely N-dealkylation sites (tertiary alicyclic amines) is 1. The summed E-state index contributed by atoms with van der Waals surface area (Å²) in [5.41, 5.74) is 5.35. The van der Waals surface area contributed by atoms with Crippen molar-refractivity contribution in [1.29, 1.82) is 0 Å². The average molecular weight is 278 g/mol. The van der Waals surface area contributed by atoms with Gasteiger partial charge in [-0.1, -0.05) is 0 Å².